The summed E-state index contributed by atoms with van der Waals surface area (Å²) in [5, 5.41) is 15.7. The number of halogens is 2. The molecule has 1 unspecified atom stereocenters. The van der Waals surface area contributed by atoms with Crippen molar-refractivity contribution >= 4 is 29.3 Å². The molecule has 230 valence electrons. The minimum atomic E-state index is -2.23. The molecule has 0 aromatic heterocycles. The number of hydrogen-bond donors (Lipinski definition) is 2. The lowest BCUT2D eigenvalue weighted by molar-refractivity contribution is -0.150. The lowest BCUT2D eigenvalue weighted by Crippen LogP contribution is -2.61. The Bertz CT molecular complexity index is 1430. The van der Waals surface area contributed by atoms with Crippen LogP contribution in [0.3, 0.4) is 0 Å². The third-order valence-corrected chi connectivity index (χ3v) is 10.6. The van der Waals surface area contributed by atoms with E-state index in [1.807, 2.05) is 12.1 Å². The van der Waals surface area contributed by atoms with E-state index in [2.05, 4.69) is 16.7 Å². The van der Waals surface area contributed by atoms with Crippen molar-refractivity contribution in [2.24, 2.45) is 29.1 Å². The predicted molar refractivity (Wildman–Crippen MR) is 153 cm³/mol. The van der Waals surface area contributed by atoms with Crippen molar-refractivity contribution in [3.05, 3.63) is 29.8 Å². The number of anilines is 1. The summed E-state index contributed by atoms with van der Waals surface area (Å²) in [5.74, 6) is -3.16. The van der Waals surface area contributed by atoms with E-state index in [-0.39, 0.29) is 37.3 Å². The molecule has 3 aliphatic heterocycles. The van der Waals surface area contributed by atoms with Crippen LogP contribution < -0.4 is 10.6 Å². The van der Waals surface area contributed by atoms with E-state index < -0.39 is 70.4 Å². The lowest BCUT2D eigenvalue weighted by atomic mass is 9.77. The first kappa shape index (κ1) is 29.5. The lowest BCUT2D eigenvalue weighted by Gasteiger charge is -2.39. The van der Waals surface area contributed by atoms with Crippen molar-refractivity contribution in [1.29, 1.82) is 5.26 Å². The van der Waals surface area contributed by atoms with E-state index >= 15 is 4.39 Å². The fourth-order valence-electron chi connectivity index (χ4n) is 8.52. The molecule has 11 heteroatoms. The zero-order chi connectivity index (χ0) is 31.2. The Morgan fingerprint density at radius 3 is 2.47 bits per heavy atom. The van der Waals surface area contributed by atoms with Gasteiger partial charge in [0.2, 0.25) is 17.7 Å². The van der Waals surface area contributed by atoms with Gasteiger partial charge in [-0.05, 0) is 67.4 Å². The molecule has 9 nitrogen and oxygen atoms in total. The summed E-state index contributed by atoms with van der Waals surface area (Å²) < 4.78 is 29.8. The van der Waals surface area contributed by atoms with Gasteiger partial charge in [0, 0.05) is 25.2 Å². The van der Waals surface area contributed by atoms with Crippen LogP contribution in [-0.4, -0.2) is 76.5 Å². The second-order valence-corrected chi connectivity index (χ2v) is 14.7. The van der Waals surface area contributed by atoms with Gasteiger partial charge in [-0.2, -0.15) is 5.26 Å². The molecule has 0 radical (unpaired) electrons. The highest BCUT2D eigenvalue weighted by Crippen LogP contribution is 2.59. The van der Waals surface area contributed by atoms with Gasteiger partial charge in [-0.25, -0.2) is 8.78 Å². The highest BCUT2D eigenvalue weighted by atomic mass is 19.1. The first-order valence-corrected chi connectivity index (χ1v) is 15.1. The Kier molecular flexibility index (Phi) is 6.68. The summed E-state index contributed by atoms with van der Waals surface area (Å²) in [6, 6.07) is 6.30. The van der Waals surface area contributed by atoms with Gasteiger partial charge in [0.05, 0.1) is 11.5 Å². The third-order valence-electron chi connectivity index (χ3n) is 10.6. The summed E-state index contributed by atoms with van der Waals surface area (Å²) in [7, 11) is 0. The summed E-state index contributed by atoms with van der Waals surface area (Å²) in [4.78, 5) is 57.9. The van der Waals surface area contributed by atoms with Crippen LogP contribution >= 0.6 is 0 Å². The SMILES string of the molecule is CC(C)(F)C(=O)N[C@H](C(=O)N1CC2[C@H]3C[C@@H]([C@@H]2[C@H]1C(=O)N1C[C@]2(C[C@H]1C#N)C(=O)Nc1ccccc12)[C@H](F)C3)C(C)(C)C. The van der Waals surface area contributed by atoms with Gasteiger partial charge in [0.25, 0.3) is 5.91 Å². The van der Waals surface area contributed by atoms with Crippen LogP contribution in [0.1, 0.15) is 59.4 Å². The molecule has 9 atom stereocenters. The molecule has 1 aromatic carbocycles. The van der Waals surface area contributed by atoms with Crippen LogP contribution in [0.2, 0.25) is 0 Å². The minimum Gasteiger partial charge on any atom is -0.341 e. The number of amides is 4. The van der Waals surface area contributed by atoms with Gasteiger partial charge in [0.15, 0.2) is 5.67 Å². The molecule has 43 heavy (non-hydrogen) atoms. The van der Waals surface area contributed by atoms with E-state index in [0.717, 1.165) is 19.4 Å². The Balaban J connectivity index is 1.37. The standard InChI is InChI=1S/C32H39F2N5O4/c1-30(2,3)25(37-28(42)31(4,5)34)27(41)38-14-19-16-10-18(21(33)11-16)23(19)24(38)26(40)39-15-32(12-17(39)13-35)20-8-6-7-9-22(20)36-29(32)43/h6-9,16-19,21,23-25H,10-12,14-15H2,1-5H3,(H,36,43)(H,37,42)/t16-,17-,18+,19?,21+,23-,24-,25+,32-/m0/s1. The molecule has 5 aliphatic rings. The van der Waals surface area contributed by atoms with Gasteiger partial charge in [-0.15, -0.1) is 0 Å². The molecule has 3 heterocycles. The summed E-state index contributed by atoms with van der Waals surface area (Å²) >= 11 is 0. The van der Waals surface area contributed by atoms with E-state index in [4.69, 9.17) is 0 Å². The van der Waals surface area contributed by atoms with Gasteiger partial charge < -0.3 is 20.4 Å². The van der Waals surface area contributed by atoms with Crippen molar-refractivity contribution in [2.75, 3.05) is 18.4 Å². The number of nitrogens with zero attached hydrogens (tertiary/aromatic N) is 3. The molecule has 2 N–H and O–H groups in total. The second-order valence-electron chi connectivity index (χ2n) is 14.7. The summed E-state index contributed by atoms with van der Waals surface area (Å²) in [6.45, 7) is 7.66. The van der Waals surface area contributed by atoms with Crippen LogP contribution in [0, 0.1) is 40.4 Å². The third kappa shape index (κ3) is 4.42. The predicted octanol–water partition coefficient (Wildman–Crippen LogP) is 3.10. The fraction of sp³-hybridized carbons (Fsp3) is 0.656. The van der Waals surface area contributed by atoms with Crippen LogP contribution in [-0.2, 0) is 24.6 Å². The van der Waals surface area contributed by atoms with Gasteiger partial charge in [-0.1, -0.05) is 39.0 Å². The molecule has 2 aliphatic carbocycles. The number of hydrogen-bond acceptors (Lipinski definition) is 5. The Morgan fingerprint density at radius 1 is 1.12 bits per heavy atom. The maximum absolute atomic E-state index is 15.2. The van der Waals surface area contributed by atoms with Crippen molar-refractivity contribution in [2.45, 2.75) is 89.3 Å². The van der Waals surface area contributed by atoms with Crippen LogP contribution in [0.15, 0.2) is 24.3 Å². The van der Waals surface area contributed by atoms with Crippen molar-refractivity contribution in [1.82, 2.24) is 15.1 Å². The largest absolute Gasteiger partial charge is 0.341 e. The highest BCUT2D eigenvalue weighted by Gasteiger charge is 2.65. The molecule has 1 aromatic rings. The number of likely N-dealkylation sites (tertiary alicyclic amines) is 2. The number of nitriles is 1. The van der Waals surface area contributed by atoms with Crippen molar-refractivity contribution < 1.29 is 28.0 Å². The molecule has 4 amide bonds. The quantitative estimate of drug-likeness (QED) is 0.554. The van der Waals surface area contributed by atoms with Crippen LogP contribution in [0.25, 0.3) is 0 Å². The number of rotatable bonds is 4. The zero-order valence-electron chi connectivity index (χ0n) is 25.2. The summed E-state index contributed by atoms with van der Waals surface area (Å²) in [6.07, 6.45) is 0.0384. The van der Waals surface area contributed by atoms with E-state index in [1.54, 1.807) is 32.9 Å². The van der Waals surface area contributed by atoms with Crippen LogP contribution in [0.5, 0.6) is 0 Å². The Morgan fingerprint density at radius 2 is 1.81 bits per heavy atom. The van der Waals surface area contributed by atoms with E-state index in [1.165, 1.54) is 9.80 Å². The first-order valence-electron chi connectivity index (χ1n) is 15.1. The monoisotopic (exact) mass is 595 g/mol. The molecule has 2 saturated heterocycles. The number of nitrogens with one attached hydrogen (secondary N) is 2. The number of para-hydroxylation sites is 1. The van der Waals surface area contributed by atoms with E-state index in [0.29, 0.717) is 18.5 Å². The highest BCUT2D eigenvalue weighted by molar-refractivity contribution is 6.07. The number of carbonyl (C=O) groups excluding carboxylic acids is 4. The smallest absolute Gasteiger partial charge is 0.257 e. The van der Waals surface area contributed by atoms with Crippen molar-refractivity contribution in [3.8, 4) is 6.07 Å². The number of carbonyl (C=O) groups is 4. The topological polar surface area (TPSA) is 123 Å². The Labute approximate surface area is 250 Å². The number of fused-ring (bicyclic) bond motifs is 7. The van der Waals surface area contributed by atoms with Crippen molar-refractivity contribution in [3.63, 3.8) is 0 Å². The van der Waals surface area contributed by atoms with E-state index in [9.17, 15) is 28.8 Å². The summed E-state index contributed by atoms with van der Waals surface area (Å²) in [5.41, 5.74) is -2.80. The molecule has 1 spiro atoms. The average molecular weight is 596 g/mol. The number of alkyl halides is 2. The maximum atomic E-state index is 15.2. The molecule has 4 fully saturated rings. The van der Waals surface area contributed by atoms with Gasteiger partial charge in [0.1, 0.15) is 24.3 Å². The average Bonchev–Trinajstić information content (AvgIpc) is 3.72. The molecule has 2 saturated carbocycles. The minimum absolute atomic E-state index is 0.0229. The Hall–Kier alpha value is -3.55. The number of benzene rings is 1. The molecule has 6 rings (SSSR count). The molecular formula is C32H39F2N5O4. The first-order chi connectivity index (χ1) is 20.1. The molecular weight excluding hydrogens is 556 g/mol. The normalized spacial score (nSPS) is 35.0. The zero-order valence-corrected chi connectivity index (χ0v) is 25.2. The van der Waals surface area contributed by atoms with Gasteiger partial charge >= 0.3 is 0 Å². The second kappa shape index (κ2) is 9.73. The maximum Gasteiger partial charge on any atom is 0.257 e. The van der Waals surface area contributed by atoms with Gasteiger partial charge in [-0.3, -0.25) is 19.2 Å². The van der Waals surface area contributed by atoms with Crippen LogP contribution in [0.4, 0.5) is 14.5 Å². The fourth-order valence-corrected chi connectivity index (χ4v) is 8.52. The molecule has 2 bridgehead atoms.